The summed E-state index contributed by atoms with van der Waals surface area (Å²) >= 11 is 0. The van der Waals surface area contributed by atoms with Crippen molar-refractivity contribution in [3.63, 3.8) is 0 Å². The number of hydrogen-bond donors (Lipinski definition) is 7. The summed E-state index contributed by atoms with van der Waals surface area (Å²) < 4.78 is 16.2. The van der Waals surface area contributed by atoms with Crippen LogP contribution in [-0.4, -0.2) is 73.1 Å². The number of hydrogen-bond acceptors (Lipinski definition) is 11. The number of aliphatic hydroxyl groups excluding tert-OH is 4. The van der Waals surface area contributed by atoms with Crippen LogP contribution in [0.4, 0.5) is 0 Å². The molecule has 0 aliphatic carbocycles. The van der Waals surface area contributed by atoms with E-state index in [0.29, 0.717) is 5.56 Å². The second kappa shape index (κ2) is 8.30. The van der Waals surface area contributed by atoms with Crippen LogP contribution in [0, 0.1) is 0 Å². The van der Waals surface area contributed by atoms with Gasteiger partial charge in [-0.3, -0.25) is 0 Å². The van der Waals surface area contributed by atoms with E-state index in [0.717, 1.165) is 18.2 Å². The molecule has 0 amide bonds. The Hall–Kier alpha value is -3.35. The number of phenols is 3. The number of fused-ring (bicyclic) bond motifs is 1. The lowest BCUT2D eigenvalue weighted by Crippen LogP contribution is -2.60. The average molecular weight is 448 g/mol. The minimum absolute atomic E-state index is 0.0975. The van der Waals surface area contributed by atoms with E-state index in [9.17, 15) is 40.5 Å². The Kier molecular flexibility index (Phi) is 5.67. The van der Waals surface area contributed by atoms with Gasteiger partial charge >= 0.3 is 5.63 Å². The third kappa shape index (κ3) is 3.83. The van der Waals surface area contributed by atoms with Crippen molar-refractivity contribution in [2.24, 2.45) is 0 Å². The molecule has 0 radical (unpaired) electrons. The van der Waals surface area contributed by atoms with Crippen LogP contribution in [-0.2, 0) is 4.74 Å². The number of aliphatic hydroxyl groups is 4. The topological polar surface area (TPSA) is 190 Å². The fraction of sp³-hybridized carbons (Fsp3) is 0.286. The van der Waals surface area contributed by atoms with Gasteiger partial charge in [-0.1, -0.05) is 6.07 Å². The first kappa shape index (κ1) is 21.9. The molecule has 4 rings (SSSR count). The zero-order valence-corrected chi connectivity index (χ0v) is 16.3. The summed E-state index contributed by atoms with van der Waals surface area (Å²) in [5.74, 6) is -1.31. The molecule has 0 unspecified atom stereocenters. The van der Waals surface area contributed by atoms with E-state index in [1.165, 1.54) is 18.2 Å². The van der Waals surface area contributed by atoms with Gasteiger partial charge in [-0.05, 0) is 17.7 Å². The van der Waals surface area contributed by atoms with E-state index in [-0.39, 0.29) is 33.8 Å². The van der Waals surface area contributed by atoms with Crippen LogP contribution in [0.15, 0.2) is 45.6 Å². The maximum absolute atomic E-state index is 12.1. The SMILES string of the molecule is O=c1cc(-c2ccc(O)c(O)c2)c2c(O[C@H]3O[C@@H](CO)[C@H](O)[C@H](O)[C@@H]3O)cc(O)cc2o1. The minimum Gasteiger partial charge on any atom is -0.508 e. The second-order valence-electron chi connectivity index (χ2n) is 7.31. The highest BCUT2D eigenvalue weighted by atomic mass is 16.7. The molecule has 1 saturated heterocycles. The van der Waals surface area contributed by atoms with Crippen LogP contribution >= 0.6 is 0 Å². The molecule has 7 N–H and O–H groups in total. The van der Waals surface area contributed by atoms with Gasteiger partial charge in [-0.25, -0.2) is 4.79 Å². The van der Waals surface area contributed by atoms with Crippen molar-refractivity contribution < 1.29 is 49.6 Å². The standard InChI is InChI=1S/C21H20O11/c22-7-15-18(27)19(28)20(29)21(32-15)31-14-5-9(23)4-13-17(14)10(6-16(26)30-13)8-1-2-11(24)12(25)3-8/h1-6,15,18-25,27-29H,7H2/t15-,18-,19-,20-,21-/m0/s1. The van der Waals surface area contributed by atoms with Crippen molar-refractivity contribution in [1.82, 2.24) is 0 Å². The lowest BCUT2D eigenvalue weighted by Gasteiger charge is -2.39. The third-order valence-electron chi connectivity index (χ3n) is 5.17. The molecule has 1 fully saturated rings. The maximum atomic E-state index is 12.1. The summed E-state index contributed by atoms with van der Waals surface area (Å²) in [6.07, 6.45) is -7.80. The number of ether oxygens (including phenoxy) is 2. The highest BCUT2D eigenvalue weighted by Gasteiger charge is 2.45. The molecule has 0 bridgehead atoms. The quantitative estimate of drug-likeness (QED) is 0.206. The van der Waals surface area contributed by atoms with Crippen molar-refractivity contribution in [2.45, 2.75) is 30.7 Å². The van der Waals surface area contributed by atoms with Crippen LogP contribution in [0.25, 0.3) is 22.1 Å². The Morgan fingerprint density at radius 3 is 2.34 bits per heavy atom. The largest absolute Gasteiger partial charge is 0.508 e. The van der Waals surface area contributed by atoms with Gasteiger partial charge < -0.3 is 49.6 Å². The average Bonchev–Trinajstić information content (AvgIpc) is 2.75. The van der Waals surface area contributed by atoms with Gasteiger partial charge in [0.1, 0.15) is 41.5 Å². The van der Waals surface area contributed by atoms with Crippen LogP contribution < -0.4 is 10.4 Å². The first-order chi connectivity index (χ1) is 15.2. The van der Waals surface area contributed by atoms with Crippen molar-refractivity contribution in [3.8, 4) is 34.1 Å². The molecule has 2 heterocycles. The van der Waals surface area contributed by atoms with Crippen LogP contribution in [0.3, 0.4) is 0 Å². The lowest BCUT2D eigenvalue weighted by atomic mass is 9.99. The monoisotopic (exact) mass is 448 g/mol. The normalized spacial score (nSPS) is 25.7. The predicted molar refractivity (Wildman–Crippen MR) is 107 cm³/mol. The summed E-state index contributed by atoms with van der Waals surface area (Å²) in [5, 5.41) is 69.3. The first-order valence-electron chi connectivity index (χ1n) is 9.50. The Balaban J connectivity index is 1.86. The zero-order chi connectivity index (χ0) is 23.2. The van der Waals surface area contributed by atoms with Gasteiger partial charge in [-0.15, -0.1) is 0 Å². The van der Waals surface area contributed by atoms with E-state index < -0.39 is 48.7 Å². The van der Waals surface area contributed by atoms with Gasteiger partial charge in [0.25, 0.3) is 0 Å². The molecule has 3 aromatic rings. The molecular weight excluding hydrogens is 428 g/mol. The van der Waals surface area contributed by atoms with Crippen LogP contribution in [0.1, 0.15) is 0 Å². The minimum atomic E-state index is -1.72. The molecule has 2 aromatic carbocycles. The lowest BCUT2D eigenvalue weighted by molar-refractivity contribution is -0.277. The smallest absolute Gasteiger partial charge is 0.336 e. The number of phenolic OH excluding ortho intramolecular Hbond substituents is 3. The number of rotatable bonds is 4. The summed E-state index contributed by atoms with van der Waals surface area (Å²) in [4.78, 5) is 12.1. The Morgan fingerprint density at radius 2 is 1.66 bits per heavy atom. The fourth-order valence-electron chi connectivity index (χ4n) is 3.55. The molecule has 5 atom stereocenters. The van der Waals surface area contributed by atoms with Crippen molar-refractivity contribution >= 4 is 11.0 Å². The molecule has 170 valence electrons. The molecule has 32 heavy (non-hydrogen) atoms. The van der Waals surface area contributed by atoms with E-state index >= 15 is 0 Å². The summed E-state index contributed by atoms with van der Waals surface area (Å²) in [5.41, 5.74) is -0.377. The number of benzene rings is 2. The zero-order valence-electron chi connectivity index (χ0n) is 16.3. The number of aromatic hydroxyl groups is 3. The summed E-state index contributed by atoms with van der Waals surface area (Å²) in [6.45, 7) is -0.668. The Morgan fingerprint density at radius 1 is 0.906 bits per heavy atom. The van der Waals surface area contributed by atoms with Crippen molar-refractivity contribution in [2.75, 3.05) is 6.61 Å². The van der Waals surface area contributed by atoms with Gasteiger partial charge in [0.2, 0.25) is 6.29 Å². The molecular formula is C21H20O11. The molecule has 1 aliphatic rings. The van der Waals surface area contributed by atoms with E-state index in [4.69, 9.17) is 13.9 Å². The molecule has 0 spiro atoms. The van der Waals surface area contributed by atoms with Crippen molar-refractivity contribution in [3.05, 3.63) is 46.8 Å². The maximum Gasteiger partial charge on any atom is 0.336 e. The molecule has 11 heteroatoms. The van der Waals surface area contributed by atoms with Gasteiger partial charge in [0.15, 0.2) is 11.5 Å². The Labute approximate surface area is 179 Å². The van der Waals surface area contributed by atoms with Gasteiger partial charge in [0, 0.05) is 23.8 Å². The molecule has 1 aromatic heterocycles. The molecule has 11 nitrogen and oxygen atoms in total. The summed E-state index contributed by atoms with van der Waals surface area (Å²) in [6, 6.07) is 7.24. The first-order valence-corrected chi connectivity index (χ1v) is 9.50. The highest BCUT2D eigenvalue weighted by molar-refractivity contribution is 5.98. The third-order valence-corrected chi connectivity index (χ3v) is 5.17. The predicted octanol–water partition coefficient (Wildman–Crippen LogP) is -0.245. The molecule has 1 aliphatic heterocycles. The summed E-state index contributed by atoms with van der Waals surface area (Å²) in [7, 11) is 0. The van der Waals surface area contributed by atoms with E-state index in [1.54, 1.807) is 0 Å². The van der Waals surface area contributed by atoms with E-state index in [1.807, 2.05) is 0 Å². The van der Waals surface area contributed by atoms with Crippen LogP contribution in [0.5, 0.6) is 23.0 Å². The highest BCUT2D eigenvalue weighted by Crippen LogP contribution is 2.40. The Bertz CT molecular complexity index is 1200. The molecule has 0 saturated carbocycles. The van der Waals surface area contributed by atoms with Gasteiger partial charge in [-0.2, -0.15) is 0 Å². The second-order valence-corrected chi connectivity index (χ2v) is 7.31. The fourth-order valence-corrected chi connectivity index (χ4v) is 3.55. The van der Waals surface area contributed by atoms with E-state index in [2.05, 4.69) is 0 Å². The van der Waals surface area contributed by atoms with Crippen molar-refractivity contribution in [1.29, 1.82) is 0 Å². The van der Waals surface area contributed by atoms with Crippen LogP contribution in [0.2, 0.25) is 0 Å². The van der Waals surface area contributed by atoms with Gasteiger partial charge in [0.05, 0.1) is 12.0 Å².